The van der Waals surface area contributed by atoms with Crippen LogP contribution in [0.1, 0.15) is 51.0 Å². The normalized spacial score (nSPS) is 16.2. The zero-order chi connectivity index (χ0) is 14.2. The molecule has 1 fully saturated rings. The van der Waals surface area contributed by atoms with Gasteiger partial charge < -0.3 is 15.8 Å². The van der Waals surface area contributed by atoms with E-state index in [1.165, 1.54) is 37.7 Å². The Morgan fingerprint density at radius 2 is 2.05 bits per heavy atom. The Bertz CT molecular complexity index is 400. The summed E-state index contributed by atoms with van der Waals surface area (Å²) >= 11 is 0. The number of hydrogen-bond acceptors (Lipinski definition) is 3. The maximum Gasteiger partial charge on any atom is 0.142 e. The first kappa shape index (κ1) is 15.2. The summed E-state index contributed by atoms with van der Waals surface area (Å²) in [5.74, 6) is 0.816. The van der Waals surface area contributed by atoms with E-state index >= 15 is 0 Å². The Hall–Kier alpha value is -1.22. The van der Waals surface area contributed by atoms with Gasteiger partial charge >= 0.3 is 0 Å². The van der Waals surface area contributed by atoms with Crippen LogP contribution in [0.5, 0.6) is 5.75 Å². The average molecular weight is 276 g/mol. The van der Waals surface area contributed by atoms with Gasteiger partial charge in [-0.2, -0.15) is 0 Å². The Labute approximate surface area is 122 Å². The third-order valence-electron chi connectivity index (χ3n) is 3.99. The minimum atomic E-state index is 0.729. The largest absolute Gasteiger partial charge is 0.491 e. The zero-order valence-corrected chi connectivity index (χ0v) is 12.7. The maximum atomic E-state index is 6.03. The molecule has 3 nitrogen and oxygen atoms in total. The summed E-state index contributed by atoms with van der Waals surface area (Å²) in [4.78, 5) is 0. The van der Waals surface area contributed by atoms with E-state index in [4.69, 9.17) is 10.5 Å². The van der Waals surface area contributed by atoms with Crippen LogP contribution in [0.4, 0.5) is 5.69 Å². The van der Waals surface area contributed by atoms with Crippen LogP contribution in [0, 0.1) is 0 Å². The van der Waals surface area contributed by atoms with Crippen molar-refractivity contribution in [1.29, 1.82) is 0 Å². The van der Waals surface area contributed by atoms with E-state index in [9.17, 15) is 0 Å². The number of benzene rings is 1. The van der Waals surface area contributed by atoms with Crippen LogP contribution in [-0.4, -0.2) is 19.2 Å². The van der Waals surface area contributed by atoms with E-state index < -0.39 is 0 Å². The number of nitrogen functional groups attached to an aromatic ring is 1. The molecule has 0 amide bonds. The van der Waals surface area contributed by atoms with Gasteiger partial charge in [-0.05, 0) is 49.9 Å². The summed E-state index contributed by atoms with van der Waals surface area (Å²) in [6, 6.07) is 6.91. The van der Waals surface area contributed by atoms with Crippen molar-refractivity contribution in [2.75, 3.05) is 18.9 Å². The molecule has 112 valence electrons. The van der Waals surface area contributed by atoms with Crippen LogP contribution in [0.15, 0.2) is 18.2 Å². The molecule has 0 aromatic heterocycles. The first-order valence-electron chi connectivity index (χ1n) is 8.04. The molecule has 3 N–H and O–H groups in total. The van der Waals surface area contributed by atoms with Crippen molar-refractivity contribution in [3.63, 3.8) is 0 Å². The van der Waals surface area contributed by atoms with Crippen LogP contribution in [0.25, 0.3) is 0 Å². The van der Waals surface area contributed by atoms with Gasteiger partial charge in [-0.25, -0.2) is 0 Å². The molecule has 0 atom stereocenters. The monoisotopic (exact) mass is 276 g/mol. The van der Waals surface area contributed by atoms with Crippen molar-refractivity contribution >= 4 is 5.69 Å². The van der Waals surface area contributed by atoms with Gasteiger partial charge in [0.05, 0.1) is 12.3 Å². The second kappa shape index (κ2) is 8.15. The van der Waals surface area contributed by atoms with Gasteiger partial charge in [0.25, 0.3) is 0 Å². The first-order valence-corrected chi connectivity index (χ1v) is 8.04. The van der Waals surface area contributed by atoms with E-state index in [0.717, 1.165) is 43.5 Å². The summed E-state index contributed by atoms with van der Waals surface area (Å²) < 4.78 is 5.60. The molecule has 0 heterocycles. The molecule has 1 aliphatic rings. The lowest BCUT2D eigenvalue weighted by molar-refractivity contribution is 0.319. The van der Waals surface area contributed by atoms with Crippen LogP contribution in [-0.2, 0) is 6.42 Å². The fraction of sp³-hybridized carbons (Fsp3) is 0.647. The number of rotatable bonds is 7. The highest BCUT2D eigenvalue weighted by atomic mass is 16.5. The van der Waals surface area contributed by atoms with Gasteiger partial charge in [0.15, 0.2) is 0 Å². The predicted molar refractivity (Wildman–Crippen MR) is 85.2 cm³/mol. The average Bonchev–Trinajstić information content (AvgIpc) is 2.47. The standard InChI is InChI=1S/C17H28N2O/c1-2-12-20-17-9-8-14(13-16(17)18)10-11-19-15-6-4-3-5-7-15/h8-9,13,15,19H,2-7,10-12,18H2,1H3. The van der Waals surface area contributed by atoms with E-state index in [2.05, 4.69) is 18.3 Å². The summed E-state index contributed by atoms with van der Waals surface area (Å²) in [5, 5.41) is 3.67. The Morgan fingerprint density at radius 1 is 1.25 bits per heavy atom. The second-order valence-electron chi connectivity index (χ2n) is 5.76. The lowest BCUT2D eigenvalue weighted by atomic mass is 9.95. The van der Waals surface area contributed by atoms with E-state index in [0.29, 0.717) is 0 Å². The SMILES string of the molecule is CCCOc1ccc(CCNC2CCCCC2)cc1N. The van der Waals surface area contributed by atoms with Gasteiger partial charge in [0, 0.05) is 6.04 Å². The molecule has 0 radical (unpaired) electrons. The highest BCUT2D eigenvalue weighted by Gasteiger charge is 2.12. The number of nitrogens with two attached hydrogens (primary N) is 1. The van der Waals surface area contributed by atoms with Crippen molar-refractivity contribution in [3.05, 3.63) is 23.8 Å². The minimum Gasteiger partial charge on any atom is -0.491 e. The summed E-state index contributed by atoms with van der Waals surface area (Å²) in [7, 11) is 0. The second-order valence-corrected chi connectivity index (χ2v) is 5.76. The fourth-order valence-electron chi connectivity index (χ4n) is 2.82. The van der Waals surface area contributed by atoms with Crippen molar-refractivity contribution < 1.29 is 4.74 Å². The molecule has 0 spiro atoms. The summed E-state index contributed by atoms with van der Waals surface area (Å²) in [6.07, 6.45) is 8.90. The highest BCUT2D eigenvalue weighted by molar-refractivity contribution is 5.54. The molecular weight excluding hydrogens is 248 g/mol. The molecular formula is C17H28N2O. The molecule has 0 bridgehead atoms. The lowest BCUT2D eigenvalue weighted by Crippen LogP contribution is -2.32. The van der Waals surface area contributed by atoms with Gasteiger partial charge in [-0.1, -0.05) is 32.3 Å². The number of hydrogen-bond donors (Lipinski definition) is 2. The highest BCUT2D eigenvalue weighted by Crippen LogP contribution is 2.23. The maximum absolute atomic E-state index is 6.03. The van der Waals surface area contributed by atoms with Crippen molar-refractivity contribution in [1.82, 2.24) is 5.32 Å². The molecule has 3 heteroatoms. The molecule has 20 heavy (non-hydrogen) atoms. The molecule has 1 aliphatic carbocycles. The number of nitrogens with one attached hydrogen (secondary N) is 1. The van der Waals surface area contributed by atoms with Gasteiger partial charge in [-0.15, -0.1) is 0 Å². The molecule has 1 aromatic rings. The van der Waals surface area contributed by atoms with Crippen molar-refractivity contribution in [3.8, 4) is 5.75 Å². The van der Waals surface area contributed by atoms with Crippen LogP contribution < -0.4 is 15.8 Å². The molecule has 2 rings (SSSR count). The summed E-state index contributed by atoms with van der Waals surface area (Å²) in [6.45, 7) is 3.87. The first-order chi connectivity index (χ1) is 9.79. The Morgan fingerprint density at radius 3 is 2.75 bits per heavy atom. The number of anilines is 1. The third-order valence-corrected chi connectivity index (χ3v) is 3.99. The van der Waals surface area contributed by atoms with E-state index in [1.807, 2.05) is 12.1 Å². The lowest BCUT2D eigenvalue weighted by Gasteiger charge is -2.22. The van der Waals surface area contributed by atoms with Crippen molar-refractivity contribution in [2.45, 2.75) is 57.9 Å². The quantitative estimate of drug-likeness (QED) is 0.749. The van der Waals surface area contributed by atoms with Gasteiger partial charge in [-0.3, -0.25) is 0 Å². The Balaban J connectivity index is 1.76. The van der Waals surface area contributed by atoms with Crippen LogP contribution >= 0.6 is 0 Å². The van der Waals surface area contributed by atoms with E-state index in [-0.39, 0.29) is 0 Å². The molecule has 0 aliphatic heterocycles. The number of ether oxygens (including phenoxy) is 1. The predicted octanol–water partition coefficient (Wildman–Crippen LogP) is 3.52. The smallest absolute Gasteiger partial charge is 0.142 e. The summed E-state index contributed by atoms with van der Waals surface area (Å²) in [5.41, 5.74) is 8.08. The zero-order valence-electron chi connectivity index (χ0n) is 12.7. The molecule has 0 saturated heterocycles. The van der Waals surface area contributed by atoms with Gasteiger partial charge in [0.1, 0.15) is 5.75 Å². The van der Waals surface area contributed by atoms with Crippen LogP contribution in [0.2, 0.25) is 0 Å². The van der Waals surface area contributed by atoms with Crippen LogP contribution in [0.3, 0.4) is 0 Å². The van der Waals surface area contributed by atoms with Gasteiger partial charge in [0.2, 0.25) is 0 Å². The molecule has 0 unspecified atom stereocenters. The van der Waals surface area contributed by atoms with E-state index in [1.54, 1.807) is 0 Å². The topological polar surface area (TPSA) is 47.3 Å². The third kappa shape index (κ3) is 4.71. The Kier molecular flexibility index (Phi) is 6.19. The molecule has 1 aromatic carbocycles. The fourth-order valence-corrected chi connectivity index (χ4v) is 2.82. The molecule has 1 saturated carbocycles. The van der Waals surface area contributed by atoms with Crippen molar-refractivity contribution in [2.24, 2.45) is 0 Å². The minimum absolute atomic E-state index is 0.729.